The van der Waals surface area contributed by atoms with Crippen molar-refractivity contribution in [1.82, 2.24) is 9.97 Å². The maximum atomic E-state index is 5.40. The molecule has 4 heteroatoms. The van der Waals surface area contributed by atoms with Gasteiger partial charge in [-0.05, 0) is 19.3 Å². The molecule has 2 rings (SSSR count). The van der Waals surface area contributed by atoms with Crippen molar-refractivity contribution in [2.24, 2.45) is 5.84 Å². The number of hydrogen-bond acceptors (Lipinski definition) is 4. The number of nitrogen functional groups attached to an aromatic ring is 1. The molecule has 0 atom stereocenters. The van der Waals surface area contributed by atoms with Gasteiger partial charge in [-0.2, -0.15) is 0 Å². The van der Waals surface area contributed by atoms with Crippen molar-refractivity contribution in [2.45, 2.75) is 44.9 Å². The van der Waals surface area contributed by atoms with E-state index in [-0.39, 0.29) is 0 Å². The van der Waals surface area contributed by atoms with Crippen LogP contribution in [0.25, 0.3) is 0 Å². The van der Waals surface area contributed by atoms with Crippen LogP contribution in [0.5, 0.6) is 0 Å². The Bertz CT molecular complexity index is 309. The zero-order valence-corrected chi connectivity index (χ0v) is 9.16. The van der Waals surface area contributed by atoms with Gasteiger partial charge in [0.15, 0.2) is 0 Å². The number of hydrogen-bond donors (Lipinski definition) is 2. The lowest BCUT2D eigenvalue weighted by Crippen LogP contribution is -2.12. The summed E-state index contributed by atoms with van der Waals surface area (Å²) in [5.74, 6) is 7.66. The standard InChI is InChI=1S/C11H18N4/c1-2-9-7-10(15-12)14-11(13-9)8-5-3-4-6-8/h7-8H,2-6,12H2,1H3,(H,13,14,15). The van der Waals surface area contributed by atoms with Gasteiger partial charge in [-0.15, -0.1) is 0 Å². The van der Waals surface area contributed by atoms with E-state index in [1.54, 1.807) is 0 Å². The Balaban J connectivity index is 2.28. The van der Waals surface area contributed by atoms with Gasteiger partial charge in [0.2, 0.25) is 0 Å². The lowest BCUT2D eigenvalue weighted by Gasteiger charge is -2.10. The Labute approximate surface area is 90.3 Å². The van der Waals surface area contributed by atoms with Crippen LogP contribution in [-0.2, 0) is 6.42 Å². The fraction of sp³-hybridized carbons (Fsp3) is 0.636. The monoisotopic (exact) mass is 206 g/mol. The molecule has 1 aliphatic carbocycles. The minimum absolute atomic E-state index is 0.545. The minimum atomic E-state index is 0.545. The number of rotatable bonds is 3. The van der Waals surface area contributed by atoms with E-state index < -0.39 is 0 Å². The van der Waals surface area contributed by atoms with Crippen molar-refractivity contribution in [3.63, 3.8) is 0 Å². The van der Waals surface area contributed by atoms with Gasteiger partial charge >= 0.3 is 0 Å². The molecule has 1 heterocycles. The average Bonchev–Trinajstić information content (AvgIpc) is 2.81. The number of nitrogens with one attached hydrogen (secondary N) is 1. The normalized spacial score (nSPS) is 16.9. The summed E-state index contributed by atoms with van der Waals surface area (Å²) in [6.07, 6.45) is 5.97. The molecule has 4 nitrogen and oxygen atoms in total. The van der Waals surface area contributed by atoms with Crippen molar-refractivity contribution in [2.75, 3.05) is 5.43 Å². The third-order valence-electron chi connectivity index (χ3n) is 3.03. The third-order valence-corrected chi connectivity index (χ3v) is 3.03. The summed E-state index contributed by atoms with van der Waals surface area (Å²) in [4.78, 5) is 9.01. The minimum Gasteiger partial charge on any atom is -0.308 e. The lowest BCUT2D eigenvalue weighted by molar-refractivity contribution is 0.662. The number of aryl methyl sites for hydroxylation is 1. The van der Waals surface area contributed by atoms with E-state index in [9.17, 15) is 0 Å². The van der Waals surface area contributed by atoms with Gasteiger partial charge < -0.3 is 5.43 Å². The molecule has 82 valence electrons. The molecule has 0 aromatic carbocycles. The fourth-order valence-electron chi connectivity index (χ4n) is 2.14. The summed E-state index contributed by atoms with van der Waals surface area (Å²) in [5.41, 5.74) is 3.68. The molecular formula is C11H18N4. The Morgan fingerprint density at radius 2 is 2.13 bits per heavy atom. The zero-order chi connectivity index (χ0) is 10.7. The number of nitrogens with two attached hydrogens (primary N) is 1. The van der Waals surface area contributed by atoms with Crippen LogP contribution in [0.1, 0.15) is 50.0 Å². The van der Waals surface area contributed by atoms with Crippen molar-refractivity contribution >= 4 is 5.82 Å². The van der Waals surface area contributed by atoms with E-state index in [1.165, 1.54) is 25.7 Å². The van der Waals surface area contributed by atoms with E-state index in [0.29, 0.717) is 5.92 Å². The molecule has 0 aliphatic heterocycles. The Morgan fingerprint density at radius 3 is 2.73 bits per heavy atom. The van der Waals surface area contributed by atoms with E-state index in [0.717, 1.165) is 23.8 Å². The van der Waals surface area contributed by atoms with Crippen LogP contribution in [0, 0.1) is 0 Å². The van der Waals surface area contributed by atoms with Gasteiger partial charge in [-0.25, -0.2) is 15.8 Å². The predicted octanol–water partition coefficient (Wildman–Crippen LogP) is 1.98. The predicted molar refractivity (Wildman–Crippen MR) is 60.4 cm³/mol. The SMILES string of the molecule is CCc1cc(NN)nc(C2CCCC2)n1. The summed E-state index contributed by atoms with van der Waals surface area (Å²) in [5, 5.41) is 0. The first-order valence-electron chi connectivity index (χ1n) is 5.68. The molecule has 0 spiro atoms. The summed E-state index contributed by atoms with van der Waals surface area (Å²) >= 11 is 0. The molecule has 1 saturated carbocycles. The van der Waals surface area contributed by atoms with Gasteiger partial charge in [-0.1, -0.05) is 19.8 Å². The van der Waals surface area contributed by atoms with Crippen LogP contribution >= 0.6 is 0 Å². The van der Waals surface area contributed by atoms with Gasteiger partial charge in [0.1, 0.15) is 11.6 Å². The highest BCUT2D eigenvalue weighted by Crippen LogP contribution is 2.32. The first-order chi connectivity index (χ1) is 7.33. The topological polar surface area (TPSA) is 63.8 Å². The van der Waals surface area contributed by atoms with Crippen LogP contribution in [0.4, 0.5) is 5.82 Å². The summed E-state index contributed by atoms with van der Waals surface area (Å²) in [6.45, 7) is 2.10. The molecule has 3 N–H and O–H groups in total. The fourth-order valence-corrected chi connectivity index (χ4v) is 2.14. The van der Waals surface area contributed by atoms with E-state index >= 15 is 0 Å². The second-order valence-corrected chi connectivity index (χ2v) is 4.08. The number of nitrogens with zero attached hydrogens (tertiary/aromatic N) is 2. The number of hydrazine groups is 1. The molecule has 1 aliphatic rings. The molecule has 0 bridgehead atoms. The summed E-state index contributed by atoms with van der Waals surface area (Å²) in [6, 6.07) is 1.92. The summed E-state index contributed by atoms with van der Waals surface area (Å²) in [7, 11) is 0. The van der Waals surface area contributed by atoms with Crippen LogP contribution in [0.15, 0.2) is 6.07 Å². The van der Waals surface area contributed by atoms with Gasteiger partial charge in [0.25, 0.3) is 0 Å². The van der Waals surface area contributed by atoms with Crippen molar-refractivity contribution < 1.29 is 0 Å². The van der Waals surface area contributed by atoms with E-state index in [2.05, 4.69) is 22.3 Å². The third kappa shape index (κ3) is 2.26. The van der Waals surface area contributed by atoms with Gasteiger partial charge in [0, 0.05) is 17.7 Å². The van der Waals surface area contributed by atoms with Crippen molar-refractivity contribution in [3.05, 3.63) is 17.6 Å². The average molecular weight is 206 g/mol. The first kappa shape index (κ1) is 10.4. The zero-order valence-electron chi connectivity index (χ0n) is 9.16. The second-order valence-electron chi connectivity index (χ2n) is 4.08. The van der Waals surface area contributed by atoms with E-state index in [4.69, 9.17) is 5.84 Å². The van der Waals surface area contributed by atoms with Gasteiger partial charge in [0.05, 0.1) is 0 Å². The Hall–Kier alpha value is -1.16. The summed E-state index contributed by atoms with van der Waals surface area (Å²) < 4.78 is 0. The molecular weight excluding hydrogens is 188 g/mol. The molecule has 1 aromatic heterocycles. The lowest BCUT2D eigenvalue weighted by atomic mass is 10.1. The quantitative estimate of drug-likeness (QED) is 0.586. The largest absolute Gasteiger partial charge is 0.308 e. The molecule has 0 saturated heterocycles. The molecule has 0 radical (unpaired) electrons. The Kier molecular flexibility index (Phi) is 3.16. The molecule has 0 unspecified atom stereocenters. The maximum Gasteiger partial charge on any atom is 0.143 e. The maximum absolute atomic E-state index is 5.40. The van der Waals surface area contributed by atoms with Crippen molar-refractivity contribution in [1.29, 1.82) is 0 Å². The first-order valence-corrected chi connectivity index (χ1v) is 5.68. The molecule has 0 amide bonds. The molecule has 1 aromatic rings. The smallest absolute Gasteiger partial charge is 0.143 e. The molecule has 1 fully saturated rings. The van der Waals surface area contributed by atoms with Crippen LogP contribution in [0.2, 0.25) is 0 Å². The van der Waals surface area contributed by atoms with Crippen LogP contribution < -0.4 is 11.3 Å². The Morgan fingerprint density at radius 1 is 1.40 bits per heavy atom. The highest BCUT2D eigenvalue weighted by molar-refractivity contribution is 5.35. The highest BCUT2D eigenvalue weighted by Gasteiger charge is 2.20. The highest BCUT2D eigenvalue weighted by atomic mass is 15.3. The van der Waals surface area contributed by atoms with Crippen LogP contribution in [-0.4, -0.2) is 9.97 Å². The van der Waals surface area contributed by atoms with Crippen LogP contribution in [0.3, 0.4) is 0 Å². The number of anilines is 1. The molecule has 15 heavy (non-hydrogen) atoms. The van der Waals surface area contributed by atoms with Gasteiger partial charge in [-0.3, -0.25) is 0 Å². The second kappa shape index (κ2) is 4.57. The number of aromatic nitrogens is 2. The van der Waals surface area contributed by atoms with E-state index in [1.807, 2.05) is 6.07 Å². The van der Waals surface area contributed by atoms with Crippen molar-refractivity contribution in [3.8, 4) is 0 Å².